The number of furan rings is 1. The summed E-state index contributed by atoms with van der Waals surface area (Å²) in [6, 6.07) is 12.0. The minimum Gasteiger partial charge on any atom is -0.458 e. The molecule has 9 heteroatoms. The van der Waals surface area contributed by atoms with Crippen molar-refractivity contribution in [3.63, 3.8) is 0 Å². The van der Waals surface area contributed by atoms with Gasteiger partial charge in [0.2, 0.25) is 10.0 Å². The van der Waals surface area contributed by atoms with Gasteiger partial charge in [-0.15, -0.1) is 0 Å². The summed E-state index contributed by atoms with van der Waals surface area (Å²) in [5.74, 6) is 0.135. The highest BCUT2D eigenvalue weighted by molar-refractivity contribution is 7.89. The Morgan fingerprint density at radius 1 is 1.07 bits per heavy atom. The fraction of sp³-hybridized carbons (Fsp3) is 0.222. The van der Waals surface area contributed by atoms with Gasteiger partial charge in [0.05, 0.1) is 10.5 Å². The second-order valence-electron chi connectivity index (χ2n) is 6.27. The fourth-order valence-corrected chi connectivity index (χ4v) is 3.67. The largest absolute Gasteiger partial charge is 0.458 e. The van der Waals surface area contributed by atoms with E-state index in [1.54, 1.807) is 30.3 Å². The van der Waals surface area contributed by atoms with Crippen LogP contribution < -0.4 is 4.72 Å². The molecule has 0 aliphatic carbocycles. The number of alkyl halides is 3. The average Bonchev–Trinajstić information content (AvgIpc) is 3.05. The predicted octanol–water partition coefficient (Wildman–Crippen LogP) is 3.64. The lowest BCUT2D eigenvalue weighted by Crippen LogP contribution is -2.38. The Morgan fingerprint density at radius 2 is 1.78 bits per heavy atom. The Kier molecular flexibility index (Phi) is 4.79. The topological polar surface area (TPSA) is 79.5 Å². The summed E-state index contributed by atoms with van der Waals surface area (Å²) < 4.78 is 70.7. The molecule has 0 spiro atoms. The third-order valence-corrected chi connectivity index (χ3v) is 5.43. The Labute approximate surface area is 153 Å². The second-order valence-corrected chi connectivity index (χ2v) is 8.04. The normalized spacial score (nSPS) is 15.0. The molecular formula is C18H16F3NO4S. The van der Waals surface area contributed by atoms with Crippen LogP contribution in [0, 0.1) is 0 Å². The monoisotopic (exact) mass is 399 g/mol. The maximum atomic E-state index is 12.8. The van der Waals surface area contributed by atoms with Crippen molar-refractivity contribution in [3.8, 4) is 0 Å². The molecule has 1 atom stereocenters. The molecule has 3 aromatic rings. The first-order valence-corrected chi connectivity index (χ1v) is 9.36. The molecule has 0 saturated carbocycles. The van der Waals surface area contributed by atoms with Crippen molar-refractivity contribution in [2.75, 3.05) is 6.54 Å². The number of aliphatic hydroxyl groups is 1. The Balaban J connectivity index is 1.82. The number of fused-ring (bicyclic) bond motifs is 1. The van der Waals surface area contributed by atoms with Crippen molar-refractivity contribution < 1.29 is 31.1 Å². The average molecular weight is 399 g/mol. The summed E-state index contributed by atoms with van der Waals surface area (Å²) in [5.41, 5.74) is -2.25. The van der Waals surface area contributed by atoms with Crippen molar-refractivity contribution in [2.45, 2.75) is 23.6 Å². The van der Waals surface area contributed by atoms with E-state index in [1.807, 2.05) is 0 Å². The quantitative estimate of drug-likeness (QED) is 0.687. The summed E-state index contributed by atoms with van der Waals surface area (Å²) in [4.78, 5) is -0.544. The van der Waals surface area contributed by atoms with E-state index >= 15 is 0 Å². The van der Waals surface area contributed by atoms with Crippen molar-refractivity contribution in [3.05, 3.63) is 65.9 Å². The van der Waals surface area contributed by atoms with Crippen LogP contribution in [0.4, 0.5) is 13.2 Å². The van der Waals surface area contributed by atoms with Crippen molar-refractivity contribution in [2.24, 2.45) is 0 Å². The highest BCUT2D eigenvalue weighted by Gasteiger charge is 2.33. The van der Waals surface area contributed by atoms with E-state index in [0.717, 1.165) is 23.6 Å². The van der Waals surface area contributed by atoms with Gasteiger partial charge in [0.15, 0.2) is 0 Å². The van der Waals surface area contributed by atoms with E-state index in [-0.39, 0.29) is 5.76 Å². The second kappa shape index (κ2) is 6.66. The van der Waals surface area contributed by atoms with Gasteiger partial charge in [0.1, 0.15) is 16.9 Å². The molecule has 1 aromatic heterocycles. The first-order valence-electron chi connectivity index (χ1n) is 7.87. The molecule has 3 rings (SSSR count). The standard InChI is InChI=1S/C18H16F3NO4S/c1-17(23,16-9-12-5-2-3-8-15(12)26-16)11-22-27(24,25)14-7-4-6-13(10-14)18(19,20)21/h2-10,22-23H,11H2,1H3. The number of sulfonamides is 1. The zero-order chi connectivity index (χ0) is 19.9. The molecule has 1 unspecified atom stereocenters. The number of rotatable bonds is 5. The van der Waals surface area contributed by atoms with Crippen LogP contribution in [-0.2, 0) is 21.8 Å². The molecule has 0 aliphatic rings. The van der Waals surface area contributed by atoms with Crippen LogP contribution in [0.1, 0.15) is 18.2 Å². The maximum absolute atomic E-state index is 12.8. The van der Waals surface area contributed by atoms with Crippen molar-refractivity contribution in [1.82, 2.24) is 4.72 Å². The van der Waals surface area contributed by atoms with Crippen LogP contribution in [0.2, 0.25) is 0 Å². The van der Waals surface area contributed by atoms with Gasteiger partial charge in [-0.1, -0.05) is 24.3 Å². The molecule has 0 fully saturated rings. The Hall–Kier alpha value is -2.36. The number of nitrogens with one attached hydrogen (secondary N) is 1. The third-order valence-electron chi connectivity index (χ3n) is 4.03. The highest BCUT2D eigenvalue weighted by Crippen LogP contribution is 2.31. The van der Waals surface area contributed by atoms with Gasteiger partial charge < -0.3 is 9.52 Å². The Bertz CT molecular complexity index is 1040. The van der Waals surface area contributed by atoms with Gasteiger partial charge in [-0.25, -0.2) is 13.1 Å². The van der Waals surface area contributed by atoms with Crippen molar-refractivity contribution >= 4 is 21.0 Å². The summed E-state index contributed by atoms with van der Waals surface area (Å²) >= 11 is 0. The van der Waals surface area contributed by atoms with Gasteiger partial charge in [-0.3, -0.25) is 0 Å². The van der Waals surface area contributed by atoms with Gasteiger partial charge in [0, 0.05) is 11.9 Å². The van der Waals surface area contributed by atoms with Crippen LogP contribution in [0.5, 0.6) is 0 Å². The third kappa shape index (κ3) is 4.15. The molecule has 0 radical (unpaired) electrons. The number of benzene rings is 2. The summed E-state index contributed by atoms with van der Waals surface area (Å²) in [7, 11) is -4.27. The molecule has 0 saturated heterocycles. The molecule has 2 aromatic carbocycles. The SMILES string of the molecule is CC(O)(CNS(=O)(=O)c1cccc(C(F)(F)F)c1)c1cc2ccccc2o1. The zero-order valence-electron chi connectivity index (χ0n) is 14.1. The summed E-state index contributed by atoms with van der Waals surface area (Å²) in [6.07, 6.45) is -4.66. The number of hydrogen-bond donors (Lipinski definition) is 2. The molecule has 0 aliphatic heterocycles. The van der Waals surface area contributed by atoms with Crippen LogP contribution in [-0.4, -0.2) is 20.1 Å². The lowest BCUT2D eigenvalue weighted by atomic mass is 10.0. The minimum absolute atomic E-state index is 0.135. The molecule has 2 N–H and O–H groups in total. The first-order chi connectivity index (χ1) is 12.5. The molecule has 0 amide bonds. The molecule has 27 heavy (non-hydrogen) atoms. The van der Waals surface area contributed by atoms with E-state index in [4.69, 9.17) is 4.42 Å². The number of halogens is 3. The van der Waals surface area contributed by atoms with Crippen LogP contribution in [0.15, 0.2) is 63.9 Å². The van der Waals surface area contributed by atoms with E-state index in [9.17, 15) is 26.7 Å². The number of hydrogen-bond acceptors (Lipinski definition) is 4. The first kappa shape index (κ1) is 19.4. The van der Waals surface area contributed by atoms with E-state index in [2.05, 4.69) is 4.72 Å². The van der Waals surface area contributed by atoms with Gasteiger partial charge in [-0.2, -0.15) is 13.2 Å². The van der Waals surface area contributed by atoms with Gasteiger partial charge in [0.25, 0.3) is 0 Å². The Morgan fingerprint density at radius 3 is 2.44 bits per heavy atom. The molecular weight excluding hydrogens is 383 g/mol. The lowest BCUT2D eigenvalue weighted by molar-refractivity contribution is -0.137. The molecule has 5 nitrogen and oxygen atoms in total. The van der Waals surface area contributed by atoms with Crippen LogP contribution in [0.25, 0.3) is 11.0 Å². The predicted molar refractivity (Wildman–Crippen MR) is 92.4 cm³/mol. The molecule has 144 valence electrons. The van der Waals surface area contributed by atoms with E-state index in [0.29, 0.717) is 11.6 Å². The van der Waals surface area contributed by atoms with Crippen LogP contribution in [0.3, 0.4) is 0 Å². The summed E-state index contributed by atoms with van der Waals surface area (Å²) in [6.45, 7) is 0.866. The highest BCUT2D eigenvalue weighted by atomic mass is 32.2. The fourth-order valence-electron chi connectivity index (χ4n) is 2.49. The molecule has 0 bridgehead atoms. The maximum Gasteiger partial charge on any atom is 0.416 e. The van der Waals surface area contributed by atoms with E-state index < -0.39 is 38.8 Å². The van der Waals surface area contributed by atoms with Crippen LogP contribution >= 0.6 is 0 Å². The number of para-hydroxylation sites is 1. The minimum atomic E-state index is -4.66. The lowest BCUT2D eigenvalue weighted by Gasteiger charge is -2.21. The van der Waals surface area contributed by atoms with Gasteiger partial charge in [-0.05, 0) is 37.3 Å². The smallest absolute Gasteiger partial charge is 0.416 e. The summed E-state index contributed by atoms with van der Waals surface area (Å²) in [5, 5.41) is 11.3. The zero-order valence-corrected chi connectivity index (χ0v) is 14.9. The van der Waals surface area contributed by atoms with Gasteiger partial charge >= 0.3 is 6.18 Å². The van der Waals surface area contributed by atoms with Crippen molar-refractivity contribution in [1.29, 1.82) is 0 Å². The molecule has 1 heterocycles. The van der Waals surface area contributed by atoms with E-state index in [1.165, 1.54) is 6.92 Å².